The van der Waals surface area contributed by atoms with Crippen LogP contribution >= 0.6 is 11.6 Å². The number of aryl methyl sites for hydroxylation is 3. The van der Waals surface area contributed by atoms with Crippen molar-refractivity contribution in [1.29, 1.82) is 0 Å². The Morgan fingerprint density at radius 2 is 1.78 bits per heavy atom. The van der Waals surface area contributed by atoms with E-state index in [1.54, 1.807) is 12.1 Å². The fourth-order valence-electron chi connectivity index (χ4n) is 2.35. The Labute approximate surface area is 164 Å². The fraction of sp³-hybridized carbons (Fsp3) is 0.333. The lowest BCUT2D eigenvalue weighted by Crippen LogP contribution is -2.21. The van der Waals surface area contributed by atoms with Crippen LogP contribution in [-0.4, -0.2) is 25.1 Å². The van der Waals surface area contributed by atoms with Crippen LogP contribution in [0, 0.1) is 20.8 Å². The van der Waals surface area contributed by atoms with Gasteiger partial charge < -0.3 is 14.8 Å². The number of esters is 1. The lowest BCUT2D eigenvalue weighted by Gasteiger charge is -2.09. The lowest BCUT2D eigenvalue weighted by atomic mass is 10.1. The maximum Gasteiger partial charge on any atom is 0.306 e. The Hall–Kier alpha value is -2.53. The van der Waals surface area contributed by atoms with Crippen LogP contribution in [0.2, 0.25) is 5.02 Å². The number of halogens is 1. The predicted molar refractivity (Wildman–Crippen MR) is 106 cm³/mol. The van der Waals surface area contributed by atoms with E-state index in [1.807, 2.05) is 45.0 Å². The van der Waals surface area contributed by atoms with Crippen LogP contribution in [0.5, 0.6) is 5.75 Å². The maximum atomic E-state index is 11.9. The van der Waals surface area contributed by atoms with Gasteiger partial charge in [0.05, 0.1) is 6.61 Å². The van der Waals surface area contributed by atoms with Crippen LogP contribution in [0.1, 0.15) is 29.5 Å². The highest BCUT2D eigenvalue weighted by Crippen LogP contribution is 2.21. The smallest absolute Gasteiger partial charge is 0.306 e. The Balaban J connectivity index is 1.64. The highest BCUT2D eigenvalue weighted by Gasteiger charge is 2.09. The van der Waals surface area contributed by atoms with E-state index in [4.69, 9.17) is 21.1 Å². The van der Waals surface area contributed by atoms with Crippen molar-refractivity contribution in [1.82, 2.24) is 0 Å². The molecule has 2 rings (SSSR count). The topological polar surface area (TPSA) is 64.6 Å². The Kier molecular flexibility index (Phi) is 7.67. The van der Waals surface area contributed by atoms with Crippen LogP contribution in [-0.2, 0) is 14.3 Å². The van der Waals surface area contributed by atoms with Gasteiger partial charge in [0.1, 0.15) is 5.75 Å². The molecule has 6 heteroatoms. The Bertz CT molecular complexity index is 820. The van der Waals surface area contributed by atoms with E-state index < -0.39 is 5.97 Å². The molecule has 0 atom stereocenters. The van der Waals surface area contributed by atoms with Gasteiger partial charge in [0, 0.05) is 17.1 Å². The van der Waals surface area contributed by atoms with E-state index in [-0.39, 0.29) is 18.9 Å². The lowest BCUT2D eigenvalue weighted by molar-refractivity contribution is -0.147. The third-order valence-electron chi connectivity index (χ3n) is 4.08. The van der Waals surface area contributed by atoms with E-state index >= 15 is 0 Å². The number of hydrogen-bond acceptors (Lipinski definition) is 4. The van der Waals surface area contributed by atoms with Crippen LogP contribution in [0.15, 0.2) is 36.4 Å². The molecule has 0 unspecified atom stereocenters. The number of carbonyl (C=O) groups is 2. The first-order valence-electron chi connectivity index (χ1n) is 8.77. The molecular formula is C21H24ClNO4. The zero-order valence-corrected chi connectivity index (χ0v) is 16.6. The van der Waals surface area contributed by atoms with Crippen LogP contribution in [0.3, 0.4) is 0 Å². The molecule has 1 N–H and O–H groups in total. The molecule has 5 nitrogen and oxygen atoms in total. The van der Waals surface area contributed by atoms with E-state index in [2.05, 4.69) is 5.32 Å². The second kappa shape index (κ2) is 9.97. The van der Waals surface area contributed by atoms with Gasteiger partial charge in [0.2, 0.25) is 0 Å². The molecule has 27 heavy (non-hydrogen) atoms. The summed E-state index contributed by atoms with van der Waals surface area (Å²) in [6, 6.07) is 11.0. The third-order valence-corrected chi connectivity index (χ3v) is 4.50. The number of benzene rings is 2. The van der Waals surface area contributed by atoms with Crippen molar-refractivity contribution in [2.24, 2.45) is 0 Å². The molecule has 2 aromatic carbocycles. The number of rotatable bonds is 8. The molecule has 0 radical (unpaired) electrons. The zero-order valence-electron chi connectivity index (χ0n) is 15.8. The molecule has 0 saturated carbocycles. The first kappa shape index (κ1) is 20.8. The fourth-order valence-corrected chi connectivity index (χ4v) is 2.47. The largest absolute Gasteiger partial charge is 0.494 e. The molecular weight excluding hydrogens is 366 g/mol. The molecule has 0 spiro atoms. The normalized spacial score (nSPS) is 10.4. The van der Waals surface area contributed by atoms with Gasteiger partial charge in [-0.25, -0.2) is 0 Å². The summed E-state index contributed by atoms with van der Waals surface area (Å²) in [6.45, 7) is 5.95. The van der Waals surface area contributed by atoms with E-state index in [0.717, 1.165) is 16.7 Å². The summed E-state index contributed by atoms with van der Waals surface area (Å²) in [4.78, 5) is 23.6. The minimum absolute atomic E-state index is 0.184. The number of anilines is 1. The standard InChI is InChI=1S/C21H24ClNO4/c1-14-6-7-17(11-15(14)2)23-20(24)13-27-21(25)5-4-10-26-18-8-9-19(22)16(3)12-18/h6-9,11-12H,4-5,10,13H2,1-3H3,(H,23,24). The molecule has 0 aromatic heterocycles. The molecule has 0 fully saturated rings. The predicted octanol–water partition coefficient (Wildman–Crippen LogP) is 4.61. The number of hydrogen-bond donors (Lipinski definition) is 1. The van der Waals surface area contributed by atoms with Gasteiger partial charge in [-0.3, -0.25) is 9.59 Å². The Morgan fingerprint density at radius 3 is 2.48 bits per heavy atom. The second-order valence-corrected chi connectivity index (χ2v) is 6.78. The summed E-state index contributed by atoms with van der Waals surface area (Å²) < 4.78 is 10.6. The van der Waals surface area contributed by atoms with E-state index in [0.29, 0.717) is 29.5 Å². The molecule has 0 saturated heterocycles. The highest BCUT2D eigenvalue weighted by molar-refractivity contribution is 6.31. The maximum absolute atomic E-state index is 11.9. The first-order chi connectivity index (χ1) is 12.8. The molecule has 0 aliphatic heterocycles. The summed E-state index contributed by atoms with van der Waals surface area (Å²) >= 11 is 5.96. The van der Waals surface area contributed by atoms with Crippen LogP contribution in [0.25, 0.3) is 0 Å². The van der Waals surface area contributed by atoms with Gasteiger partial charge in [-0.1, -0.05) is 17.7 Å². The van der Waals surface area contributed by atoms with Crippen molar-refractivity contribution in [2.75, 3.05) is 18.5 Å². The number of ether oxygens (including phenoxy) is 2. The molecule has 0 aliphatic rings. The summed E-state index contributed by atoms with van der Waals surface area (Å²) in [6.07, 6.45) is 0.683. The summed E-state index contributed by atoms with van der Waals surface area (Å²) in [5.74, 6) is -0.0846. The van der Waals surface area contributed by atoms with Gasteiger partial charge in [0.25, 0.3) is 5.91 Å². The minimum Gasteiger partial charge on any atom is -0.494 e. The molecule has 1 amide bonds. The van der Waals surface area contributed by atoms with Crippen molar-refractivity contribution in [3.8, 4) is 5.75 Å². The highest BCUT2D eigenvalue weighted by atomic mass is 35.5. The monoisotopic (exact) mass is 389 g/mol. The summed E-state index contributed by atoms with van der Waals surface area (Å²) in [7, 11) is 0. The van der Waals surface area contributed by atoms with Crippen molar-refractivity contribution < 1.29 is 19.1 Å². The molecule has 0 bridgehead atoms. The zero-order chi connectivity index (χ0) is 19.8. The van der Waals surface area contributed by atoms with Crippen molar-refractivity contribution in [3.05, 3.63) is 58.1 Å². The number of nitrogens with one attached hydrogen (secondary N) is 1. The van der Waals surface area contributed by atoms with Crippen molar-refractivity contribution in [2.45, 2.75) is 33.6 Å². The molecule has 2 aromatic rings. The van der Waals surface area contributed by atoms with Gasteiger partial charge in [0.15, 0.2) is 6.61 Å². The minimum atomic E-state index is -0.430. The SMILES string of the molecule is Cc1ccc(NC(=O)COC(=O)CCCOc2ccc(Cl)c(C)c2)cc1C. The van der Waals surface area contributed by atoms with Crippen LogP contribution in [0.4, 0.5) is 5.69 Å². The van der Waals surface area contributed by atoms with Crippen molar-refractivity contribution >= 4 is 29.2 Å². The van der Waals surface area contributed by atoms with E-state index in [1.165, 1.54) is 0 Å². The molecule has 144 valence electrons. The van der Waals surface area contributed by atoms with Gasteiger partial charge in [-0.2, -0.15) is 0 Å². The van der Waals surface area contributed by atoms with Gasteiger partial charge in [-0.05, 0) is 74.2 Å². The average molecular weight is 390 g/mol. The van der Waals surface area contributed by atoms with Crippen molar-refractivity contribution in [3.63, 3.8) is 0 Å². The summed E-state index contributed by atoms with van der Waals surface area (Å²) in [5, 5.41) is 3.40. The molecule has 0 heterocycles. The van der Waals surface area contributed by atoms with E-state index in [9.17, 15) is 9.59 Å². The average Bonchev–Trinajstić information content (AvgIpc) is 2.63. The first-order valence-corrected chi connectivity index (χ1v) is 9.14. The number of amides is 1. The third kappa shape index (κ3) is 6.94. The van der Waals surface area contributed by atoms with Gasteiger partial charge >= 0.3 is 5.97 Å². The Morgan fingerprint density at radius 1 is 1.00 bits per heavy atom. The second-order valence-electron chi connectivity index (χ2n) is 6.37. The molecule has 0 aliphatic carbocycles. The van der Waals surface area contributed by atoms with Gasteiger partial charge in [-0.15, -0.1) is 0 Å². The quantitative estimate of drug-likeness (QED) is 0.529. The summed E-state index contributed by atoms with van der Waals surface area (Å²) in [5.41, 5.74) is 3.85. The number of carbonyl (C=O) groups excluding carboxylic acids is 2. The van der Waals surface area contributed by atoms with Crippen LogP contribution < -0.4 is 10.1 Å².